The molecule has 0 radical (unpaired) electrons. The maximum absolute atomic E-state index is 13.2. The molecule has 2 aromatic rings. The summed E-state index contributed by atoms with van der Waals surface area (Å²) < 4.78 is 39.7. The van der Waals surface area contributed by atoms with E-state index >= 15 is 0 Å². The number of halogens is 3. The van der Waals surface area contributed by atoms with Gasteiger partial charge in [-0.3, -0.25) is 9.59 Å². The fraction of sp³-hybridized carbons (Fsp3) is 0.333. The summed E-state index contributed by atoms with van der Waals surface area (Å²) >= 11 is 0. The van der Waals surface area contributed by atoms with Crippen molar-refractivity contribution >= 4 is 23.2 Å². The van der Waals surface area contributed by atoms with Crippen molar-refractivity contribution in [3.8, 4) is 0 Å². The van der Waals surface area contributed by atoms with Gasteiger partial charge in [-0.2, -0.15) is 13.2 Å². The van der Waals surface area contributed by atoms with Crippen molar-refractivity contribution in [1.29, 1.82) is 0 Å². The standard InChI is InChI=1S/C21H21F3N2O2/c1-13(2)14-7-9-16(10-8-14)25-20(28)15-11-19(27)26(12-15)18-6-4-3-5-17(18)21(22,23)24/h3-10,13,15H,11-12H2,1-2H3,(H,25,28). The summed E-state index contributed by atoms with van der Waals surface area (Å²) in [5.74, 6) is -1.22. The molecule has 3 rings (SSSR count). The summed E-state index contributed by atoms with van der Waals surface area (Å²) in [6.07, 6.45) is -4.70. The summed E-state index contributed by atoms with van der Waals surface area (Å²) in [7, 11) is 0. The summed E-state index contributed by atoms with van der Waals surface area (Å²) in [4.78, 5) is 25.9. The van der Waals surface area contributed by atoms with Gasteiger partial charge in [0.2, 0.25) is 11.8 Å². The largest absolute Gasteiger partial charge is 0.418 e. The van der Waals surface area contributed by atoms with Crippen molar-refractivity contribution in [2.75, 3.05) is 16.8 Å². The molecular weight excluding hydrogens is 369 g/mol. The Hall–Kier alpha value is -2.83. The van der Waals surface area contributed by atoms with E-state index in [-0.39, 0.29) is 24.6 Å². The van der Waals surface area contributed by atoms with Crippen molar-refractivity contribution in [3.05, 3.63) is 59.7 Å². The number of nitrogens with zero attached hydrogens (tertiary/aromatic N) is 1. The second-order valence-corrected chi connectivity index (χ2v) is 7.19. The van der Waals surface area contributed by atoms with Gasteiger partial charge in [-0.1, -0.05) is 38.1 Å². The molecular formula is C21H21F3N2O2. The Bertz CT molecular complexity index is 876. The van der Waals surface area contributed by atoms with E-state index in [9.17, 15) is 22.8 Å². The third-order valence-electron chi connectivity index (χ3n) is 4.84. The Morgan fingerprint density at radius 1 is 1.11 bits per heavy atom. The van der Waals surface area contributed by atoms with Crippen LogP contribution in [0.15, 0.2) is 48.5 Å². The number of nitrogens with one attached hydrogen (secondary N) is 1. The Balaban J connectivity index is 1.73. The predicted molar refractivity (Wildman–Crippen MR) is 101 cm³/mol. The van der Waals surface area contributed by atoms with Gasteiger partial charge in [0.1, 0.15) is 0 Å². The number of benzene rings is 2. The van der Waals surface area contributed by atoms with Gasteiger partial charge in [-0.15, -0.1) is 0 Å². The van der Waals surface area contributed by atoms with Crippen molar-refractivity contribution in [2.24, 2.45) is 5.92 Å². The lowest BCUT2D eigenvalue weighted by molar-refractivity contribution is -0.137. The van der Waals surface area contributed by atoms with Crippen molar-refractivity contribution < 1.29 is 22.8 Å². The van der Waals surface area contributed by atoms with Crippen LogP contribution < -0.4 is 10.2 Å². The molecule has 1 aliphatic rings. The Morgan fingerprint density at radius 3 is 2.36 bits per heavy atom. The SMILES string of the molecule is CC(C)c1ccc(NC(=O)C2CC(=O)N(c3ccccc3C(F)(F)F)C2)cc1. The lowest BCUT2D eigenvalue weighted by atomic mass is 10.0. The van der Waals surface area contributed by atoms with Gasteiger partial charge in [0, 0.05) is 18.7 Å². The van der Waals surface area contributed by atoms with Crippen molar-refractivity contribution in [3.63, 3.8) is 0 Å². The first-order valence-electron chi connectivity index (χ1n) is 9.04. The number of hydrogen-bond acceptors (Lipinski definition) is 2. The molecule has 0 saturated carbocycles. The molecule has 28 heavy (non-hydrogen) atoms. The minimum absolute atomic E-state index is 0.0815. The number of anilines is 2. The molecule has 0 aromatic heterocycles. The van der Waals surface area contributed by atoms with E-state index < -0.39 is 23.6 Å². The van der Waals surface area contributed by atoms with E-state index in [0.717, 1.165) is 16.5 Å². The number of hydrogen-bond donors (Lipinski definition) is 1. The smallest absolute Gasteiger partial charge is 0.326 e. The van der Waals surface area contributed by atoms with E-state index in [4.69, 9.17) is 0 Å². The van der Waals surface area contributed by atoms with Crippen LogP contribution in [0.5, 0.6) is 0 Å². The van der Waals surface area contributed by atoms with Crippen LogP contribution in [0.2, 0.25) is 0 Å². The maximum atomic E-state index is 13.2. The minimum atomic E-state index is -4.57. The highest BCUT2D eigenvalue weighted by Gasteiger charge is 2.40. The molecule has 1 saturated heterocycles. The zero-order valence-corrected chi connectivity index (χ0v) is 15.6. The van der Waals surface area contributed by atoms with Gasteiger partial charge >= 0.3 is 6.18 Å². The number of carbonyl (C=O) groups excluding carboxylic acids is 2. The van der Waals surface area contributed by atoms with Gasteiger partial charge in [-0.25, -0.2) is 0 Å². The molecule has 1 N–H and O–H groups in total. The van der Waals surface area contributed by atoms with Crippen LogP contribution in [0.4, 0.5) is 24.5 Å². The van der Waals surface area contributed by atoms with Crippen LogP contribution in [-0.4, -0.2) is 18.4 Å². The van der Waals surface area contributed by atoms with Gasteiger partial charge in [-0.05, 0) is 35.7 Å². The zero-order valence-electron chi connectivity index (χ0n) is 15.6. The highest BCUT2D eigenvalue weighted by molar-refractivity contribution is 6.03. The molecule has 1 heterocycles. The highest BCUT2D eigenvalue weighted by atomic mass is 19.4. The summed E-state index contributed by atoms with van der Waals surface area (Å²) in [5.41, 5.74) is 0.630. The van der Waals surface area contributed by atoms with Crippen LogP contribution in [0.3, 0.4) is 0 Å². The van der Waals surface area contributed by atoms with Gasteiger partial charge in [0.05, 0.1) is 17.2 Å². The normalized spacial score (nSPS) is 17.3. The Kier molecular flexibility index (Phi) is 5.45. The van der Waals surface area contributed by atoms with Gasteiger partial charge < -0.3 is 10.2 Å². The Morgan fingerprint density at radius 2 is 1.75 bits per heavy atom. The predicted octanol–water partition coefficient (Wildman–Crippen LogP) is 4.82. The molecule has 0 bridgehead atoms. The molecule has 7 heteroatoms. The molecule has 1 fully saturated rings. The maximum Gasteiger partial charge on any atom is 0.418 e. The van der Waals surface area contributed by atoms with Crippen LogP contribution in [0.1, 0.15) is 37.3 Å². The van der Waals surface area contributed by atoms with Crippen molar-refractivity contribution in [1.82, 2.24) is 0 Å². The highest BCUT2D eigenvalue weighted by Crippen LogP contribution is 2.38. The summed E-state index contributed by atoms with van der Waals surface area (Å²) in [5, 5.41) is 2.75. The van der Waals surface area contributed by atoms with E-state index in [1.807, 2.05) is 12.1 Å². The molecule has 0 spiro atoms. The molecule has 1 atom stereocenters. The van der Waals surface area contributed by atoms with Gasteiger partial charge in [0.15, 0.2) is 0 Å². The quantitative estimate of drug-likeness (QED) is 0.814. The molecule has 1 aliphatic heterocycles. The monoisotopic (exact) mass is 390 g/mol. The Labute approximate surface area is 161 Å². The molecule has 148 valence electrons. The fourth-order valence-electron chi connectivity index (χ4n) is 3.26. The first kappa shape index (κ1) is 19.9. The number of para-hydroxylation sites is 1. The molecule has 0 aliphatic carbocycles. The fourth-order valence-corrected chi connectivity index (χ4v) is 3.26. The first-order valence-corrected chi connectivity index (χ1v) is 9.04. The number of alkyl halides is 3. The molecule has 2 amide bonds. The number of carbonyl (C=O) groups is 2. The topological polar surface area (TPSA) is 49.4 Å². The molecule has 4 nitrogen and oxygen atoms in total. The van der Waals surface area contributed by atoms with Gasteiger partial charge in [0.25, 0.3) is 0 Å². The third-order valence-corrected chi connectivity index (χ3v) is 4.84. The second-order valence-electron chi connectivity index (χ2n) is 7.19. The van der Waals surface area contributed by atoms with Crippen LogP contribution in [0, 0.1) is 5.92 Å². The lowest BCUT2D eigenvalue weighted by Gasteiger charge is -2.21. The average Bonchev–Trinajstić information content (AvgIpc) is 3.03. The number of rotatable bonds is 4. The first-order chi connectivity index (χ1) is 13.2. The van der Waals surface area contributed by atoms with Crippen LogP contribution >= 0.6 is 0 Å². The minimum Gasteiger partial charge on any atom is -0.326 e. The van der Waals surface area contributed by atoms with E-state index in [1.54, 1.807) is 12.1 Å². The summed E-state index contributed by atoms with van der Waals surface area (Å²) in [6.45, 7) is 4.04. The third kappa shape index (κ3) is 4.18. The van der Waals surface area contributed by atoms with Crippen LogP contribution in [-0.2, 0) is 15.8 Å². The van der Waals surface area contributed by atoms with E-state index in [1.165, 1.54) is 18.2 Å². The molecule has 1 unspecified atom stereocenters. The lowest BCUT2D eigenvalue weighted by Crippen LogP contribution is -2.29. The zero-order chi connectivity index (χ0) is 20.5. The summed E-state index contributed by atoms with van der Waals surface area (Å²) in [6, 6.07) is 12.3. The van der Waals surface area contributed by atoms with Crippen LogP contribution in [0.25, 0.3) is 0 Å². The second kappa shape index (κ2) is 7.66. The van der Waals surface area contributed by atoms with Crippen molar-refractivity contribution in [2.45, 2.75) is 32.4 Å². The van der Waals surface area contributed by atoms with E-state index in [0.29, 0.717) is 11.6 Å². The number of amides is 2. The van der Waals surface area contributed by atoms with E-state index in [2.05, 4.69) is 19.2 Å². The molecule has 2 aromatic carbocycles. The average molecular weight is 390 g/mol.